The lowest BCUT2D eigenvalue weighted by Crippen LogP contribution is -1.89. The highest BCUT2D eigenvalue weighted by Gasteiger charge is 2.09. The molecule has 0 aliphatic rings. The smallest absolute Gasteiger partial charge is 0.138 e. The third-order valence-electron chi connectivity index (χ3n) is 3.94. The van der Waals surface area contributed by atoms with Crippen molar-refractivity contribution < 1.29 is 0 Å². The second-order valence-corrected chi connectivity index (χ2v) is 6.01. The second-order valence-electron chi connectivity index (χ2n) is 5.57. The Balaban J connectivity index is 1.78. The largest absolute Gasteiger partial charge is 0.338 e. The lowest BCUT2D eigenvalue weighted by Gasteiger charge is -2.03. The van der Waals surface area contributed by atoms with Crippen LogP contribution < -0.4 is 0 Å². The molecule has 0 spiro atoms. The third kappa shape index (κ3) is 2.86. The molecule has 0 aliphatic heterocycles. The van der Waals surface area contributed by atoms with Gasteiger partial charge in [-0.1, -0.05) is 66.2 Å². The number of nitrogens with zero attached hydrogens (tertiary/aromatic N) is 1. The number of para-hydroxylation sites is 1. The first-order valence-corrected chi connectivity index (χ1v) is 7.95. The van der Waals surface area contributed by atoms with Crippen LogP contribution in [0.25, 0.3) is 22.4 Å². The molecule has 0 amide bonds. The molecule has 3 heteroatoms. The van der Waals surface area contributed by atoms with Crippen LogP contribution in [0.4, 0.5) is 0 Å². The van der Waals surface area contributed by atoms with Crippen LogP contribution in [0.15, 0.2) is 72.8 Å². The molecule has 0 saturated heterocycles. The van der Waals surface area contributed by atoms with Crippen molar-refractivity contribution in [2.24, 2.45) is 0 Å². The summed E-state index contributed by atoms with van der Waals surface area (Å²) < 4.78 is 0. The molecule has 4 rings (SSSR count). The lowest BCUT2D eigenvalue weighted by atomic mass is 10.0. The molecule has 3 aromatic carbocycles. The van der Waals surface area contributed by atoms with Gasteiger partial charge in [0.1, 0.15) is 5.82 Å². The highest BCUT2D eigenvalue weighted by Crippen LogP contribution is 2.25. The average Bonchev–Trinajstić information content (AvgIpc) is 3.01. The Labute approximate surface area is 139 Å². The molecule has 1 N–H and O–H groups in total. The van der Waals surface area contributed by atoms with Gasteiger partial charge in [-0.3, -0.25) is 0 Å². The van der Waals surface area contributed by atoms with Crippen molar-refractivity contribution in [1.82, 2.24) is 9.97 Å². The highest BCUT2D eigenvalue weighted by atomic mass is 35.5. The van der Waals surface area contributed by atoms with Crippen LogP contribution in [0.1, 0.15) is 11.1 Å². The van der Waals surface area contributed by atoms with E-state index in [0.717, 1.165) is 28.8 Å². The molecular formula is C20H15ClN2. The molecular weight excluding hydrogens is 304 g/mol. The number of hydrogen-bond acceptors (Lipinski definition) is 1. The fraction of sp³-hybridized carbons (Fsp3) is 0.0500. The van der Waals surface area contributed by atoms with Crippen molar-refractivity contribution in [3.05, 3.63) is 88.9 Å². The van der Waals surface area contributed by atoms with Crippen molar-refractivity contribution >= 4 is 22.6 Å². The molecule has 1 aromatic heterocycles. The summed E-state index contributed by atoms with van der Waals surface area (Å²) in [5, 5.41) is 0.715. The Morgan fingerprint density at radius 3 is 2.52 bits per heavy atom. The molecule has 0 bridgehead atoms. The summed E-state index contributed by atoms with van der Waals surface area (Å²) in [4.78, 5) is 8.17. The summed E-state index contributed by atoms with van der Waals surface area (Å²) in [7, 11) is 0. The molecule has 1 heterocycles. The number of nitrogens with one attached hydrogen (secondary N) is 1. The minimum Gasteiger partial charge on any atom is -0.338 e. The van der Waals surface area contributed by atoms with E-state index in [9.17, 15) is 0 Å². The molecule has 0 fully saturated rings. The molecule has 23 heavy (non-hydrogen) atoms. The summed E-state index contributed by atoms with van der Waals surface area (Å²) in [5.74, 6) is 0.850. The topological polar surface area (TPSA) is 28.7 Å². The fourth-order valence-corrected chi connectivity index (χ4v) is 3.02. The molecule has 0 atom stereocenters. The van der Waals surface area contributed by atoms with Gasteiger partial charge in [0.25, 0.3) is 0 Å². The molecule has 112 valence electrons. The van der Waals surface area contributed by atoms with E-state index in [1.807, 2.05) is 36.4 Å². The van der Waals surface area contributed by atoms with Gasteiger partial charge in [-0.15, -0.1) is 0 Å². The van der Waals surface area contributed by atoms with E-state index in [4.69, 9.17) is 16.6 Å². The minimum absolute atomic E-state index is 0.715. The van der Waals surface area contributed by atoms with Gasteiger partial charge < -0.3 is 4.98 Å². The maximum atomic E-state index is 6.09. The monoisotopic (exact) mass is 318 g/mol. The summed E-state index contributed by atoms with van der Waals surface area (Å²) in [6, 6.07) is 24.5. The van der Waals surface area contributed by atoms with Crippen LogP contribution in [0.5, 0.6) is 0 Å². The van der Waals surface area contributed by atoms with Gasteiger partial charge >= 0.3 is 0 Å². The number of benzene rings is 3. The Morgan fingerprint density at radius 2 is 1.70 bits per heavy atom. The standard InChI is InChI=1S/C20H15ClN2/c21-17-10-4-9-16(13-17)20-22-18-11-5-8-15(19(18)23-20)12-14-6-2-1-3-7-14/h1-11,13H,12H2,(H,22,23). The van der Waals surface area contributed by atoms with Crippen LogP contribution >= 0.6 is 11.6 Å². The number of fused-ring (bicyclic) bond motifs is 1. The van der Waals surface area contributed by atoms with Gasteiger partial charge in [0, 0.05) is 10.6 Å². The number of aromatic nitrogens is 2. The van der Waals surface area contributed by atoms with E-state index in [1.54, 1.807) is 0 Å². The van der Waals surface area contributed by atoms with E-state index in [1.165, 1.54) is 11.1 Å². The van der Waals surface area contributed by atoms with Crippen LogP contribution in [-0.4, -0.2) is 9.97 Å². The Kier molecular flexibility index (Phi) is 3.60. The van der Waals surface area contributed by atoms with Gasteiger partial charge in [-0.05, 0) is 35.7 Å². The van der Waals surface area contributed by atoms with Gasteiger partial charge in [-0.25, -0.2) is 4.98 Å². The fourth-order valence-electron chi connectivity index (χ4n) is 2.83. The zero-order chi connectivity index (χ0) is 15.6. The van der Waals surface area contributed by atoms with E-state index in [-0.39, 0.29) is 0 Å². The number of aromatic amines is 1. The second kappa shape index (κ2) is 5.90. The van der Waals surface area contributed by atoms with Crippen LogP contribution in [0.3, 0.4) is 0 Å². The minimum atomic E-state index is 0.715. The quantitative estimate of drug-likeness (QED) is 0.533. The van der Waals surface area contributed by atoms with E-state index < -0.39 is 0 Å². The summed E-state index contributed by atoms with van der Waals surface area (Å²) in [5.41, 5.74) is 5.60. The number of imidazole rings is 1. The summed E-state index contributed by atoms with van der Waals surface area (Å²) >= 11 is 6.09. The number of hydrogen-bond donors (Lipinski definition) is 1. The number of H-pyrrole nitrogens is 1. The average molecular weight is 319 g/mol. The first kappa shape index (κ1) is 14.0. The van der Waals surface area contributed by atoms with Crippen LogP contribution in [0.2, 0.25) is 5.02 Å². The maximum Gasteiger partial charge on any atom is 0.138 e. The molecule has 0 aliphatic carbocycles. The van der Waals surface area contributed by atoms with Crippen molar-refractivity contribution in [2.45, 2.75) is 6.42 Å². The Morgan fingerprint density at radius 1 is 0.870 bits per heavy atom. The predicted octanol–water partition coefficient (Wildman–Crippen LogP) is 5.47. The van der Waals surface area contributed by atoms with Crippen LogP contribution in [0, 0.1) is 0 Å². The SMILES string of the molecule is Clc1cccc(-c2nc3cccc(Cc4ccccc4)c3[nH]2)c1. The van der Waals surface area contributed by atoms with Crippen molar-refractivity contribution in [2.75, 3.05) is 0 Å². The van der Waals surface area contributed by atoms with E-state index in [0.29, 0.717) is 5.02 Å². The third-order valence-corrected chi connectivity index (χ3v) is 4.17. The first-order valence-electron chi connectivity index (χ1n) is 7.57. The van der Waals surface area contributed by atoms with Crippen LogP contribution in [-0.2, 0) is 6.42 Å². The van der Waals surface area contributed by atoms with Crippen molar-refractivity contribution in [1.29, 1.82) is 0 Å². The van der Waals surface area contributed by atoms with Gasteiger partial charge in [0.2, 0.25) is 0 Å². The normalized spacial score (nSPS) is 11.0. The first-order chi connectivity index (χ1) is 11.3. The van der Waals surface area contributed by atoms with E-state index in [2.05, 4.69) is 41.4 Å². The molecule has 4 aromatic rings. The number of rotatable bonds is 3. The maximum absolute atomic E-state index is 6.09. The Bertz CT molecular complexity index is 958. The summed E-state index contributed by atoms with van der Waals surface area (Å²) in [6.07, 6.45) is 0.884. The Hall–Kier alpha value is -2.58. The molecule has 0 unspecified atom stereocenters. The highest BCUT2D eigenvalue weighted by molar-refractivity contribution is 6.30. The van der Waals surface area contributed by atoms with Crippen molar-refractivity contribution in [3.63, 3.8) is 0 Å². The van der Waals surface area contributed by atoms with Gasteiger partial charge in [0.15, 0.2) is 0 Å². The van der Waals surface area contributed by atoms with E-state index >= 15 is 0 Å². The lowest BCUT2D eigenvalue weighted by molar-refractivity contribution is 1.20. The molecule has 2 nitrogen and oxygen atoms in total. The number of halogens is 1. The predicted molar refractivity (Wildman–Crippen MR) is 95.8 cm³/mol. The summed E-state index contributed by atoms with van der Waals surface area (Å²) in [6.45, 7) is 0. The zero-order valence-corrected chi connectivity index (χ0v) is 13.2. The van der Waals surface area contributed by atoms with Crippen molar-refractivity contribution in [3.8, 4) is 11.4 Å². The zero-order valence-electron chi connectivity index (χ0n) is 12.5. The molecule has 0 radical (unpaired) electrons. The van der Waals surface area contributed by atoms with Gasteiger partial charge in [0.05, 0.1) is 11.0 Å². The molecule has 0 saturated carbocycles. The van der Waals surface area contributed by atoms with Gasteiger partial charge in [-0.2, -0.15) is 0 Å².